The minimum atomic E-state index is -0.555. The maximum Gasteiger partial charge on any atom is 0.163 e. The van der Waals surface area contributed by atoms with E-state index in [1.165, 1.54) is 0 Å². The van der Waals surface area contributed by atoms with Crippen LogP contribution in [0.25, 0.3) is 0 Å². The highest BCUT2D eigenvalue weighted by Crippen LogP contribution is 2.42. The maximum atomic E-state index is 9.60. The number of ether oxygens (including phenoxy) is 2. The molecule has 0 amide bonds. The Bertz CT molecular complexity index is 227. The molecule has 82 valence electrons. The summed E-state index contributed by atoms with van der Waals surface area (Å²) >= 11 is 0. The van der Waals surface area contributed by atoms with Gasteiger partial charge < -0.3 is 20.3 Å². The Morgan fingerprint density at radius 1 is 1.36 bits per heavy atom. The molecular weight excluding hydrogens is 182 g/mol. The Balaban J connectivity index is 2.15. The van der Waals surface area contributed by atoms with E-state index in [2.05, 4.69) is 0 Å². The molecule has 2 rings (SSSR count). The summed E-state index contributed by atoms with van der Waals surface area (Å²) in [6.45, 7) is 5.56. The van der Waals surface area contributed by atoms with Crippen molar-refractivity contribution in [2.24, 2.45) is 11.7 Å². The van der Waals surface area contributed by atoms with E-state index in [1.807, 2.05) is 13.8 Å². The molecule has 0 radical (unpaired) electrons. The highest BCUT2D eigenvalue weighted by atomic mass is 16.8. The minimum absolute atomic E-state index is 0.0126. The third-order valence-electron chi connectivity index (χ3n) is 3.17. The lowest BCUT2D eigenvalue weighted by atomic mass is 9.99. The van der Waals surface area contributed by atoms with Crippen LogP contribution < -0.4 is 5.73 Å². The first-order valence-corrected chi connectivity index (χ1v) is 5.20. The lowest BCUT2D eigenvalue weighted by Crippen LogP contribution is -2.35. The van der Waals surface area contributed by atoms with Crippen molar-refractivity contribution in [2.75, 3.05) is 0 Å². The number of aliphatic hydroxyl groups is 1. The predicted molar refractivity (Wildman–Crippen MR) is 51.6 cm³/mol. The van der Waals surface area contributed by atoms with Crippen LogP contribution >= 0.6 is 0 Å². The van der Waals surface area contributed by atoms with Crippen LogP contribution in [0.3, 0.4) is 0 Å². The summed E-state index contributed by atoms with van der Waals surface area (Å²) in [5, 5.41) is 9.60. The number of hydrogen-bond donors (Lipinski definition) is 2. The normalized spacial score (nSPS) is 47.8. The molecule has 1 heterocycles. The van der Waals surface area contributed by atoms with Gasteiger partial charge in [-0.25, -0.2) is 0 Å². The van der Waals surface area contributed by atoms with Crippen LogP contribution in [-0.4, -0.2) is 35.2 Å². The highest BCUT2D eigenvalue weighted by molar-refractivity contribution is 5.01. The second kappa shape index (κ2) is 3.17. The molecule has 1 saturated heterocycles. The van der Waals surface area contributed by atoms with Crippen molar-refractivity contribution in [3.8, 4) is 0 Å². The van der Waals surface area contributed by atoms with Crippen LogP contribution in [-0.2, 0) is 9.47 Å². The Morgan fingerprint density at radius 2 is 1.93 bits per heavy atom. The molecule has 1 aliphatic carbocycles. The SMILES string of the molecule is CC(O)C1CC(N)C2OC(C)(C)OC12. The fraction of sp³-hybridized carbons (Fsp3) is 1.00. The summed E-state index contributed by atoms with van der Waals surface area (Å²) < 4.78 is 11.5. The van der Waals surface area contributed by atoms with Crippen molar-refractivity contribution in [3.63, 3.8) is 0 Å². The number of rotatable bonds is 1. The number of hydrogen-bond acceptors (Lipinski definition) is 4. The quantitative estimate of drug-likeness (QED) is 0.637. The Morgan fingerprint density at radius 3 is 2.50 bits per heavy atom. The molecule has 2 fully saturated rings. The second-order valence-electron chi connectivity index (χ2n) is 4.87. The summed E-state index contributed by atoms with van der Waals surface area (Å²) in [7, 11) is 0. The molecule has 4 nitrogen and oxygen atoms in total. The Labute approximate surface area is 84.4 Å². The molecule has 0 bridgehead atoms. The van der Waals surface area contributed by atoms with Gasteiger partial charge in [0.15, 0.2) is 5.79 Å². The van der Waals surface area contributed by atoms with Crippen molar-refractivity contribution < 1.29 is 14.6 Å². The van der Waals surface area contributed by atoms with Crippen molar-refractivity contribution in [2.45, 2.75) is 57.3 Å². The van der Waals surface area contributed by atoms with Crippen LogP contribution in [0.2, 0.25) is 0 Å². The molecule has 1 aliphatic heterocycles. The largest absolute Gasteiger partial charge is 0.393 e. The summed E-state index contributed by atoms with van der Waals surface area (Å²) in [6, 6.07) is -0.0126. The molecule has 1 saturated carbocycles. The molecule has 4 heteroatoms. The summed E-state index contributed by atoms with van der Waals surface area (Å²) in [6.07, 6.45) is 0.307. The van der Waals surface area contributed by atoms with Crippen LogP contribution in [0, 0.1) is 5.92 Å². The van der Waals surface area contributed by atoms with Crippen LogP contribution in [0.1, 0.15) is 27.2 Å². The standard InChI is InChI=1S/C10H19NO3/c1-5(12)6-4-7(11)9-8(6)13-10(2,3)14-9/h5-9,12H,4,11H2,1-3H3. The van der Waals surface area contributed by atoms with Crippen molar-refractivity contribution in [1.29, 1.82) is 0 Å². The number of nitrogens with two attached hydrogens (primary N) is 1. The predicted octanol–water partition coefficient (Wildman–Crippen LogP) is 0.234. The summed E-state index contributed by atoms with van der Waals surface area (Å²) in [4.78, 5) is 0. The number of fused-ring (bicyclic) bond motifs is 1. The van der Waals surface area contributed by atoms with E-state index in [1.54, 1.807) is 6.92 Å². The molecule has 0 aromatic carbocycles. The first-order valence-electron chi connectivity index (χ1n) is 5.20. The Kier molecular flexibility index (Phi) is 2.34. The fourth-order valence-electron chi connectivity index (χ4n) is 2.53. The average molecular weight is 201 g/mol. The molecule has 3 N–H and O–H groups in total. The fourth-order valence-corrected chi connectivity index (χ4v) is 2.53. The summed E-state index contributed by atoms with van der Waals surface area (Å²) in [5.74, 6) is -0.447. The third kappa shape index (κ3) is 1.56. The molecule has 0 aromatic heterocycles. The first-order chi connectivity index (χ1) is 6.41. The maximum absolute atomic E-state index is 9.60. The van der Waals surface area contributed by atoms with Gasteiger partial charge in [0.1, 0.15) is 6.10 Å². The lowest BCUT2D eigenvalue weighted by Gasteiger charge is -2.23. The van der Waals surface area contributed by atoms with E-state index in [9.17, 15) is 5.11 Å². The van der Waals surface area contributed by atoms with Crippen LogP contribution in [0.15, 0.2) is 0 Å². The van der Waals surface area contributed by atoms with Gasteiger partial charge in [0, 0.05) is 12.0 Å². The third-order valence-corrected chi connectivity index (χ3v) is 3.17. The van der Waals surface area contributed by atoms with Gasteiger partial charge in [-0.2, -0.15) is 0 Å². The average Bonchev–Trinajstić information content (AvgIpc) is 2.47. The second-order valence-corrected chi connectivity index (χ2v) is 4.87. The molecule has 0 aromatic rings. The van der Waals surface area contributed by atoms with Gasteiger partial charge in [0.2, 0.25) is 0 Å². The van der Waals surface area contributed by atoms with Crippen molar-refractivity contribution in [1.82, 2.24) is 0 Å². The lowest BCUT2D eigenvalue weighted by molar-refractivity contribution is -0.161. The first kappa shape index (κ1) is 10.4. The van der Waals surface area contributed by atoms with Gasteiger partial charge in [0.25, 0.3) is 0 Å². The molecular formula is C10H19NO3. The number of aliphatic hydroxyl groups excluding tert-OH is 1. The van der Waals surface area contributed by atoms with Gasteiger partial charge in [-0.15, -0.1) is 0 Å². The molecule has 5 unspecified atom stereocenters. The zero-order chi connectivity index (χ0) is 10.5. The van der Waals surface area contributed by atoms with E-state index in [-0.39, 0.29) is 30.3 Å². The molecule has 0 spiro atoms. The Hall–Kier alpha value is -0.160. The van der Waals surface area contributed by atoms with Crippen molar-refractivity contribution in [3.05, 3.63) is 0 Å². The van der Waals surface area contributed by atoms with Gasteiger partial charge >= 0.3 is 0 Å². The van der Waals surface area contributed by atoms with Gasteiger partial charge in [-0.1, -0.05) is 0 Å². The minimum Gasteiger partial charge on any atom is -0.393 e. The zero-order valence-electron chi connectivity index (χ0n) is 8.93. The van der Waals surface area contributed by atoms with E-state index in [0.717, 1.165) is 6.42 Å². The van der Waals surface area contributed by atoms with E-state index >= 15 is 0 Å². The smallest absolute Gasteiger partial charge is 0.163 e. The van der Waals surface area contributed by atoms with E-state index in [0.29, 0.717) is 0 Å². The van der Waals surface area contributed by atoms with Gasteiger partial charge in [0.05, 0.1) is 12.2 Å². The van der Waals surface area contributed by atoms with E-state index in [4.69, 9.17) is 15.2 Å². The van der Waals surface area contributed by atoms with Crippen LogP contribution in [0.5, 0.6) is 0 Å². The zero-order valence-corrected chi connectivity index (χ0v) is 8.93. The van der Waals surface area contributed by atoms with Gasteiger partial charge in [-0.3, -0.25) is 0 Å². The highest BCUT2D eigenvalue weighted by Gasteiger charge is 2.53. The van der Waals surface area contributed by atoms with Crippen molar-refractivity contribution >= 4 is 0 Å². The van der Waals surface area contributed by atoms with Gasteiger partial charge in [-0.05, 0) is 27.2 Å². The van der Waals surface area contributed by atoms with Crippen LogP contribution in [0.4, 0.5) is 0 Å². The molecule has 5 atom stereocenters. The van der Waals surface area contributed by atoms with E-state index < -0.39 is 5.79 Å². The topological polar surface area (TPSA) is 64.7 Å². The molecule has 14 heavy (non-hydrogen) atoms. The summed E-state index contributed by atoms with van der Waals surface area (Å²) in [5.41, 5.74) is 5.95. The monoisotopic (exact) mass is 201 g/mol. The molecule has 2 aliphatic rings.